The van der Waals surface area contributed by atoms with Gasteiger partial charge in [-0.3, -0.25) is 0 Å². The molecule has 0 saturated heterocycles. The Bertz CT molecular complexity index is 611. The fourth-order valence-electron chi connectivity index (χ4n) is 1.65. The first-order chi connectivity index (χ1) is 8.67. The van der Waals surface area contributed by atoms with Gasteiger partial charge in [0.1, 0.15) is 11.8 Å². The van der Waals surface area contributed by atoms with Gasteiger partial charge >= 0.3 is 0 Å². The van der Waals surface area contributed by atoms with Gasteiger partial charge in [0.25, 0.3) is 0 Å². The number of anilines is 1. The largest absolute Gasteiger partial charge is 0.493 e. The molecule has 0 atom stereocenters. The van der Waals surface area contributed by atoms with Crippen molar-refractivity contribution in [3.05, 3.63) is 36.0 Å². The molecular formula is C13H13N3O2. The predicted octanol–water partition coefficient (Wildman–Crippen LogP) is 2.28. The molecule has 1 heterocycles. The molecule has 0 bridgehead atoms. The summed E-state index contributed by atoms with van der Waals surface area (Å²) >= 11 is 0. The first-order valence-electron chi connectivity index (χ1n) is 5.33. The second-order valence-electron chi connectivity index (χ2n) is 3.71. The number of rotatable bonds is 3. The highest BCUT2D eigenvalue weighted by Crippen LogP contribution is 2.34. The van der Waals surface area contributed by atoms with Gasteiger partial charge in [0.2, 0.25) is 5.88 Å². The third-order valence-corrected chi connectivity index (χ3v) is 2.60. The standard InChI is InChI=1S/C13H13N3O2/c1-16-9(8-14)7-10(15)13(16)18-12-6-4-3-5-11(12)17-2/h3-7H,15H2,1-2H3. The topological polar surface area (TPSA) is 73.2 Å². The van der Waals surface area contributed by atoms with E-state index in [2.05, 4.69) is 0 Å². The average Bonchev–Trinajstić information content (AvgIpc) is 2.66. The fraction of sp³-hybridized carbons (Fsp3) is 0.154. The Kier molecular flexibility index (Phi) is 3.11. The third-order valence-electron chi connectivity index (χ3n) is 2.60. The number of para-hydroxylation sites is 2. The van der Waals surface area contributed by atoms with Crippen LogP contribution in [0.25, 0.3) is 0 Å². The minimum Gasteiger partial charge on any atom is -0.493 e. The van der Waals surface area contributed by atoms with Crippen molar-refractivity contribution in [1.29, 1.82) is 5.26 Å². The Morgan fingerprint density at radius 1 is 1.28 bits per heavy atom. The van der Waals surface area contributed by atoms with E-state index >= 15 is 0 Å². The van der Waals surface area contributed by atoms with Crippen LogP contribution in [0.3, 0.4) is 0 Å². The van der Waals surface area contributed by atoms with Gasteiger partial charge in [-0.1, -0.05) is 12.1 Å². The van der Waals surface area contributed by atoms with Crippen molar-refractivity contribution in [3.8, 4) is 23.4 Å². The molecule has 1 aromatic heterocycles. The zero-order chi connectivity index (χ0) is 13.1. The van der Waals surface area contributed by atoms with Crippen LogP contribution in [-0.2, 0) is 7.05 Å². The van der Waals surface area contributed by atoms with Gasteiger partial charge in [0.15, 0.2) is 11.5 Å². The van der Waals surface area contributed by atoms with E-state index in [-0.39, 0.29) is 0 Å². The first kappa shape index (κ1) is 11.9. The average molecular weight is 243 g/mol. The summed E-state index contributed by atoms with van der Waals surface area (Å²) in [6, 6.07) is 10.9. The van der Waals surface area contributed by atoms with Crippen molar-refractivity contribution >= 4 is 5.69 Å². The molecule has 0 radical (unpaired) electrons. The predicted molar refractivity (Wildman–Crippen MR) is 67.6 cm³/mol. The second kappa shape index (κ2) is 4.72. The number of nitrogen functional groups attached to an aromatic ring is 1. The maximum absolute atomic E-state index is 8.92. The van der Waals surface area contributed by atoms with Gasteiger partial charge in [0, 0.05) is 13.1 Å². The number of hydrogen-bond acceptors (Lipinski definition) is 4. The lowest BCUT2D eigenvalue weighted by Crippen LogP contribution is -1.98. The van der Waals surface area contributed by atoms with Gasteiger partial charge in [-0.05, 0) is 12.1 Å². The molecular weight excluding hydrogens is 230 g/mol. The molecule has 92 valence electrons. The molecule has 18 heavy (non-hydrogen) atoms. The number of aromatic nitrogens is 1. The van der Waals surface area contributed by atoms with Crippen LogP contribution in [0.15, 0.2) is 30.3 Å². The molecule has 5 nitrogen and oxygen atoms in total. The number of benzene rings is 1. The maximum Gasteiger partial charge on any atom is 0.224 e. The molecule has 2 aromatic rings. The molecule has 0 aliphatic carbocycles. The summed E-state index contributed by atoms with van der Waals surface area (Å²) in [4.78, 5) is 0. The summed E-state index contributed by atoms with van der Waals surface area (Å²) in [6.07, 6.45) is 0. The summed E-state index contributed by atoms with van der Waals surface area (Å²) in [5, 5.41) is 8.92. The van der Waals surface area contributed by atoms with Gasteiger partial charge in [0.05, 0.1) is 12.8 Å². The van der Waals surface area contributed by atoms with Crippen LogP contribution in [0.1, 0.15) is 5.69 Å². The van der Waals surface area contributed by atoms with E-state index in [4.69, 9.17) is 20.5 Å². The van der Waals surface area contributed by atoms with Crippen LogP contribution < -0.4 is 15.2 Å². The number of hydrogen-bond donors (Lipinski definition) is 1. The number of nitrogens with zero attached hydrogens (tertiary/aromatic N) is 2. The highest BCUT2D eigenvalue weighted by atomic mass is 16.5. The van der Waals surface area contributed by atoms with Crippen LogP contribution in [0.4, 0.5) is 5.69 Å². The van der Waals surface area contributed by atoms with Gasteiger partial charge in [-0.2, -0.15) is 5.26 Å². The normalized spacial score (nSPS) is 9.83. The van der Waals surface area contributed by atoms with E-state index in [1.807, 2.05) is 18.2 Å². The Balaban J connectivity index is 2.41. The van der Waals surface area contributed by atoms with Crippen LogP contribution in [0, 0.1) is 11.3 Å². The van der Waals surface area contributed by atoms with E-state index in [0.717, 1.165) is 0 Å². The van der Waals surface area contributed by atoms with Crippen molar-refractivity contribution < 1.29 is 9.47 Å². The highest BCUT2D eigenvalue weighted by molar-refractivity contribution is 5.57. The lowest BCUT2D eigenvalue weighted by molar-refractivity contribution is 0.369. The number of methoxy groups -OCH3 is 1. The Morgan fingerprint density at radius 3 is 2.50 bits per heavy atom. The smallest absolute Gasteiger partial charge is 0.224 e. The molecule has 0 unspecified atom stereocenters. The van der Waals surface area contributed by atoms with E-state index in [1.165, 1.54) is 0 Å². The molecule has 0 aliphatic heterocycles. The molecule has 0 saturated carbocycles. The van der Waals surface area contributed by atoms with E-state index < -0.39 is 0 Å². The van der Waals surface area contributed by atoms with E-state index in [1.54, 1.807) is 36.9 Å². The molecule has 0 fully saturated rings. The molecule has 0 spiro atoms. The number of nitriles is 1. The molecule has 0 aliphatic rings. The molecule has 5 heteroatoms. The minimum absolute atomic E-state index is 0.417. The molecule has 1 aromatic carbocycles. The van der Waals surface area contributed by atoms with Crippen LogP contribution in [0.5, 0.6) is 17.4 Å². The van der Waals surface area contributed by atoms with Crippen molar-refractivity contribution in [1.82, 2.24) is 4.57 Å². The second-order valence-corrected chi connectivity index (χ2v) is 3.71. The molecule has 2 N–H and O–H groups in total. The molecule has 2 rings (SSSR count). The van der Waals surface area contributed by atoms with Crippen LogP contribution in [-0.4, -0.2) is 11.7 Å². The zero-order valence-corrected chi connectivity index (χ0v) is 10.2. The van der Waals surface area contributed by atoms with Crippen LogP contribution in [0.2, 0.25) is 0 Å². The maximum atomic E-state index is 8.92. The summed E-state index contributed by atoms with van der Waals surface area (Å²) in [5.74, 6) is 1.59. The summed E-state index contributed by atoms with van der Waals surface area (Å²) < 4.78 is 12.5. The van der Waals surface area contributed by atoms with Crippen molar-refractivity contribution in [3.63, 3.8) is 0 Å². The summed E-state index contributed by atoms with van der Waals surface area (Å²) in [6.45, 7) is 0. The molecule has 0 amide bonds. The van der Waals surface area contributed by atoms with Crippen molar-refractivity contribution in [2.75, 3.05) is 12.8 Å². The SMILES string of the molecule is COc1ccccc1Oc1c(N)cc(C#N)n1C. The third kappa shape index (κ3) is 1.96. The van der Waals surface area contributed by atoms with Gasteiger partial charge in [-0.15, -0.1) is 0 Å². The van der Waals surface area contributed by atoms with Gasteiger partial charge < -0.3 is 19.8 Å². The van der Waals surface area contributed by atoms with Crippen molar-refractivity contribution in [2.45, 2.75) is 0 Å². The summed E-state index contributed by atoms with van der Waals surface area (Å²) in [7, 11) is 3.29. The van der Waals surface area contributed by atoms with Crippen LogP contribution >= 0.6 is 0 Å². The lowest BCUT2D eigenvalue weighted by atomic mass is 10.3. The Labute approximate surface area is 105 Å². The minimum atomic E-state index is 0.417. The first-order valence-corrected chi connectivity index (χ1v) is 5.33. The number of ether oxygens (including phenoxy) is 2. The Morgan fingerprint density at radius 2 is 1.94 bits per heavy atom. The zero-order valence-electron chi connectivity index (χ0n) is 10.2. The monoisotopic (exact) mass is 243 g/mol. The fourth-order valence-corrected chi connectivity index (χ4v) is 1.65. The Hall–Kier alpha value is -2.61. The van der Waals surface area contributed by atoms with E-state index in [9.17, 15) is 0 Å². The quantitative estimate of drug-likeness (QED) is 0.897. The lowest BCUT2D eigenvalue weighted by Gasteiger charge is -2.11. The van der Waals surface area contributed by atoms with Crippen molar-refractivity contribution in [2.24, 2.45) is 7.05 Å². The van der Waals surface area contributed by atoms with Gasteiger partial charge in [-0.25, -0.2) is 0 Å². The summed E-state index contributed by atoms with van der Waals surface area (Å²) in [5.41, 5.74) is 6.68. The highest BCUT2D eigenvalue weighted by Gasteiger charge is 2.14. The van der Waals surface area contributed by atoms with E-state index in [0.29, 0.717) is 28.8 Å². The number of nitrogens with two attached hydrogens (primary N) is 1.